The lowest BCUT2D eigenvalue weighted by Crippen LogP contribution is -2.28. The molecule has 8 nitrogen and oxygen atoms in total. The first-order valence-electron chi connectivity index (χ1n) is 10.6. The summed E-state index contributed by atoms with van der Waals surface area (Å²) in [5.74, 6) is -0.190. The number of benzene rings is 1. The Hall–Kier alpha value is -2.88. The summed E-state index contributed by atoms with van der Waals surface area (Å²) in [5, 5.41) is 2.19. The number of aromatic amines is 1. The van der Waals surface area contributed by atoms with Crippen LogP contribution in [-0.4, -0.2) is 50.0 Å². The first kappa shape index (κ1) is 22.3. The molecular formula is C22H26FN3O5S. The zero-order valence-corrected chi connectivity index (χ0v) is 18.6. The quantitative estimate of drug-likeness (QED) is 0.527. The number of aromatic nitrogens is 1. The standard InChI is InChI=1S/C22H26FN3O5S/c1-14(16-4-6-18(23)19(10-16)31-12-15-2-3-15)13-32(29,30)9-8-17-5-7-20(24-17)26-11-21(27)25-22(26)28/h4-7,10,14-15,24H,2-3,8-9,11-13H2,1H3,(H,25,27,28)/t14-/m0/s1. The van der Waals surface area contributed by atoms with E-state index in [9.17, 15) is 22.4 Å². The van der Waals surface area contributed by atoms with E-state index in [2.05, 4.69) is 10.3 Å². The fourth-order valence-corrected chi connectivity index (χ4v) is 5.27. The SMILES string of the molecule is C[C@@H](CS(=O)(=O)CCc1ccc(N2CC(=O)NC2=O)[nH]1)c1ccc(F)c(OCC2CC2)c1. The van der Waals surface area contributed by atoms with Crippen molar-refractivity contribution in [1.82, 2.24) is 10.3 Å². The number of amides is 3. The van der Waals surface area contributed by atoms with E-state index in [0.717, 1.165) is 12.8 Å². The van der Waals surface area contributed by atoms with Crippen LogP contribution in [0.2, 0.25) is 0 Å². The Balaban J connectivity index is 1.33. The van der Waals surface area contributed by atoms with Gasteiger partial charge in [-0.15, -0.1) is 0 Å². The minimum atomic E-state index is -3.40. The van der Waals surface area contributed by atoms with Crippen LogP contribution in [0.25, 0.3) is 0 Å². The number of carbonyl (C=O) groups is 2. The Morgan fingerprint density at radius 1 is 1.22 bits per heavy atom. The summed E-state index contributed by atoms with van der Waals surface area (Å²) in [4.78, 5) is 27.3. The van der Waals surface area contributed by atoms with Gasteiger partial charge in [0.25, 0.3) is 0 Å². The number of rotatable bonds is 10. The lowest BCUT2D eigenvalue weighted by atomic mass is 10.0. The predicted octanol–water partition coefficient (Wildman–Crippen LogP) is 2.76. The molecule has 1 aromatic heterocycles. The normalized spacial score (nSPS) is 17.5. The van der Waals surface area contributed by atoms with Crippen molar-refractivity contribution in [3.05, 3.63) is 47.4 Å². The van der Waals surface area contributed by atoms with Crippen molar-refractivity contribution in [2.24, 2.45) is 5.92 Å². The molecule has 10 heteroatoms. The number of H-pyrrole nitrogens is 1. The number of sulfone groups is 1. The first-order valence-corrected chi connectivity index (χ1v) is 12.4. The Labute approximate surface area is 186 Å². The highest BCUT2D eigenvalue weighted by Gasteiger charge is 2.29. The average molecular weight is 464 g/mol. The molecule has 1 aromatic carbocycles. The van der Waals surface area contributed by atoms with Gasteiger partial charge in [-0.3, -0.25) is 15.0 Å². The molecule has 2 N–H and O–H groups in total. The van der Waals surface area contributed by atoms with Crippen LogP contribution in [0.5, 0.6) is 5.75 Å². The third-order valence-electron chi connectivity index (χ3n) is 5.70. The van der Waals surface area contributed by atoms with Crippen LogP contribution in [0.1, 0.15) is 36.9 Å². The van der Waals surface area contributed by atoms with E-state index in [0.29, 0.717) is 29.6 Å². The largest absolute Gasteiger partial charge is 0.490 e. The highest BCUT2D eigenvalue weighted by molar-refractivity contribution is 7.91. The van der Waals surface area contributed by atoms with Crippen LogP contribution in [0, 0.1) is 11.7 Å². The molecule has 0 spiro atoms. The van der Waals surface area contributed by atoms with Gasteiger partial charge in [-0.2, -0.15) is 0 Å². The zero-order chi connectivity index (χ0) is 22.9. The molecule has 2 heterocycles. The molecular weight excluding hydrogens is 437 g/mol. The van der Waals surface area contributed by atoms with E-state index in [1.165, 1.54) is 11.0 Å². The molecule has 1 aliphatic carbocycles. The maximum Gasteiger partial charge on any atom is 0.330 e. The summed E-state index contributed by atoms with van der Waals surface area (Å²) in [6, 6.07) is 7.35. The van der Waals surface area contributed by atoms with Crippen molar-refractivity contribution >= 4 is 27.6 Å². The molecule has 0 unspecified atom stereocenters. The Bertz CT molecular complexity index is 1130. The lowest BCUT2D eigenvalue weighted by Gasteiger charge is -2.15. The van der Waals surface area contributed by atoms with Crippen LogP contribution < -0.4 is 15.0 Å². The molecule has 1 saturated carbocycles. The number of nitrogens with one attached hydrogen (secondary N) is 2. The van der Waals surface area contributed by atoms with E-state index in [1.807, 2.05) is 0 Å². The van der Waals surface area contributed by atoms with Gasteiger partial charge >= 0.3 is 6.03 Å². The van der Waals surface area contributed by atoms with E-state index < -0.39 is 21.7 Å². The molecule has 3 amide bonds. The van der Waals surface area contributed by atoms with Gasteiger partial charge in [-0.25, -0.2) is 17.6 Å². The van der Waals surface area contributed by atoms with Crippen molar-refractivity contribution in [2.45, 2.75) is 32.1 Å². The molecule has 2 fully saturated rings. The average Bonchev–Trinajstić information content (AvgIpc) is 3.33. The Morgan fingerprint density at radius 3 is 2.69 bits per heavy atom. The summed E-state index contributed by atoms with van der Waals surface area (Å²) in [6.45, 7) is 2.21. The van der Waals surface area contributed by atoms with Crippen molar-refractivity contribution in [1.29, 1.82) is 0 Å². The number of urea groups is 1. The number of aryl methyl sites for hydroxylation is 1. The minimum absolute atomic E-state index is 0.0708. The van der Waals surface area contributed by atoms with E-state index in [4.69, 9.17) is 4.74 Å². The van der Waals surface area contributed by atoms with Gasteiger partial charge in [0.2, 0.25) is 5.91 Å². The topological polar surface area (TPSA) is 109 Å². The predicted molar refractivity (Wildman–Crippen MR) is 117 cm³/mol. The summed E-state index contributed by atoms with van der Waals surface area (Å²) in [6.07, 6.45) is 2.45. The second-order valence-electron chi connectivity index (χ2n) is 8.52. The summed E-state index contributed by atoms with van der Waals surface area (Å²) in [7, 11) is -3.40. The van der Waals surface area contributed by atoms with E-state index in [1.54, 1.807) is 31.2 Å². The van der Waals surface area contributed by atoms with Gasteiger partial charge in [0.05, 0.1) is 18.1 Å². The third-order valence-corrected chi connectivity index (χ3v) is 7.53. The van der Waals surface area contributed by atoms with Crippen LogP contribution in [0.15, 0.2) is 30.3 Å². The molecule has 2 aromatic rings. The summed E-state index contributed by atoms with van der Waals surface area (Å²) < 4.78 is 44.9. The molecule has 32 heavy (non-hydrogen) atoms. The van der Waals surface area contributed by atoms with Crippen molar-refractivity contribution in [2.75, 3.05) is 29.6 Å². The van der Waals surface area contributed by atoms with Crippen molar-refractivity contribution < 1.29 is 27.1 Å². The fourth-order valence-electron chi connectivity index (χ4n) is 3.62. The fraction of sp³-hybridized carbons (Fsp3) is 0.455. The van der Waals surface area contributed by atoms with Gasteiger partial charge in [0.1, 0.15) is 12.4 Å². The zero-order valence-electron chi connectivity index (χ0n) is 17.8. The molecule has 1 aliphatic heterocycles. The van der Waals surface area contributed by atoms with Crippen LogP contribution >= 0.6 is 0 Å². The monoisotopic (exact) mass is 463 g/mol. The number of halogens is 1. The third kappa shape index (κ3) is 5.48. The molecule has 1 saturated heterocycles. The number of carbonyl (C=O) groups excluding carboxylic acids is 2. The van der Waals surface area contributed by atoms with Gasteiger partial charge in [0.15, 0.2) is 21.4 Å². The van der Waals surface area contributed by atoms with Crippen molar-refractivity contribution in [3.8, 4) is 5.75 Å². The summed E-state index contributed by atoms with van der Waals surface area (Å²) >= 11 is 0. The molecule has 4 rings (SSSR count). The van der Waals surface area contributed by atoms with Crippen LogP contribution in [-0.2, 0) is 21.1 Å². The number of nitrogens with zero attached hydrogens (tertiary/aromatic N) is 1. The first-order chi connectivity index (χ1) is 15.2. The number of imide groups is 1. The summed E-state index contributed by atoms with van der Waals surface area (Å²) in [5.41, 5.74) is 1.37. The minimum Gasteiger partial charge on any atom is -0.490 e. The number of hydrogen-bond donors (Lipinski definition) is 2. The van der Waals surface area contributed by atoms with E-state index in [-0.39, 0.29) is 42.0 Å². The van der Waals surface area contributed by atoms with Crippen molar-refractivity contribution in [3.63, 3.8) is 0 Å². The van der Waals surface area contributed by atoms with Gasteiger partial charge in [-0.05, 0) is 54.5 Å². The second kappa shape index (κ2) is 8.93. The number of ether oxygens (including phenoxy) is 1. The molecule has 0 radical (unpaired) electrons. The number of hydrogen-bond acceptors (Lipinski definition) is 5. The highest BCUT2D eigenvalue weighted by atomic mass is 32.2. The van der Waals surface area contributed by atoms with Crippen LogP contribution in [0.4, 0.5) is 15.0 Å². The lowest BCUT2D eigenvalue weighted by molar-refractivity contribution is -0.117. The maximum atomic E-state index is 14.0. The number of anilines is 1. The van der Waals surface area contributed by atoms with Gasteiger partial charge in [-0.1, -0.05) is 13.0 Å². The Morgan fingerprint density at radius 2 is 2.00 bits per heavy atom. The molecule has 1 atom stereocenters. The van der Waals surface area contributed by atoms with Crippen LogP contribution in [0.3, 0.4) is 0 Å². The Kier molecular flexibility index (Phi) is 6.23. The highest BCUT2D eigenvalue weighted by Crippen LogP contribution is 2.31. The van der Waals surface area contributed by atoms with Gasteiger partial charge in [0, 0.05) is 12.1 Å². The molecule has 2 aliphatic rings. The second-order valence-corrected chi connectivity index (χ2v) is 10.7. The molecule has 0 bridgehead atoms. The van der Waals surface area contributed by atoms with E-state index >= 15 is 0 Å². The maximum absolute atomic E-state index is 14.0. The van der Waals surface area contributed by atoms with Gasteiger partial charge < -0.3 is 9.72 Å². The smallest absolute Gasteiger partial charge is 0.330 e. The molecule has 172 valence electrons.